The first kappa shape index (κ1) is 40.5. The minimum absolute atomic E-state index is 0.150. The number of carbonyl (C=O) groups is 4. The van der Waals surface area contributed by atoms with Gasteiger partial charge in [-0.25, -0.2) is 19.2 Å². The second kappa shape index (κ2) is 22.0. The van der Waals surface area contributed by atoms with Gasteiger partial charge in [-0.1, -0.05) is 57.5 Å². The first-order valence-corrected chi connectivity index (χ1v) is 18.8. The van der Waals surface area contributed by atoms with Gasteiger partial charge in [-0.2, -0.15) is 0 Å². The number of rotatable bonds is 21. The third kappa shape index (κ3) is 12.8. The van der Waals surface area contributed by atoms with E-state index in [1.807, 2.05) is 38.1 Å². The number of unbranched alkanes of at least 4 members (excludes halogenated alkanes) is 5. The summed E-state index contributed by atoms with van der Waals surface area (Å²) in [5.41, 5.74) is 2.34. The van der Waals surface area contributed by atoms with Crippen molar-refractivity contribution in [3.05, 3.63) is 77.9 Å². The monoisotopic (exact) mass is 722 g/mol. The Kier molecular flexibility index (Phi) is 17.1. The summed E-state index contributed by atoms with van der Waals surface area (Å²) in [6.45, 7) is 8.83. The molecule has 11 nitrogen and oxygen atoms in total. The molecule has 284 valence electrons. The van der Waals surface area contributed by atoms with Crippen LogP contribution in [-0.4, -0.2) is 68.6 Å². The van der Waals surface area contributed by atoms with Gasteiger partial charge in [-0.3, -0.25) is 0 Å². The van der Waals surface area contributed by atoms with Crippen LogP contribution in [0.2, 0.25) is 0 Å². The summed E-state index contributed by atoms with van der Waals surface area (Å²) in [7, 11) is 0. The Morgan fingerprint density at radius 1 is 0.673 bits per heavy atom. The fourth-order valence-electron chi connectivity index (χ4n) is 6.08. The Morgan fingerprint density at radius 3 is 1.77 bits per heavy atom. The van der Waals surface area contributed by atoms with Crippen molar-refractivity contribution in [3.8, 4) is 5.75 Å². The summed E-state index contributed by atoms with van der Waals surface area (Å²) in [4.78, 5) is 49.5. The van der Waals surface area contributed by atoms with Gasteiger partial charge >= 0.3 is 23.9 Å². The van der Waals surface area contributed by atoms with Crippen molar-refractivity contribution >= 4 is 23.9 Å². The Hall–Kier alpha value is -4.22. The van der Waals surface area contributed by atoms with Crippen molar-refractivity contribution in [2.45, 2.75) is 121 Å². The summed E-state index contributed by atoms with van der Waals surface area (Å²) in [5.74, 6) is -0.988. The number of benzene rings is 2. The van der Waals surface area contributed by atoms with Crippen LogP contribution in [-0.2, 0) is 42.8 Å². The van der Waals surface area contributed by atoms with Crippen LogP contribution in [0, 0.1) is 0 Å². The van der Waals surface area contributed by atoms with Gasteiger partial charge < -0.3 is 33.2 Å². The van der Waals surface area contributed by atoms with Gasteiger partial charge in [-0.05, 0) is 100.0 Å². The molecule has 1 aliphatic carbocycles. The van der Waals surface area contributed by atoms with E-state index in [0.717, 1.165) is 75.8 Å². The van der Waals surface area contributed by atoms with Crippen LogP contribution in [0.3, 0.4) is 0 Å². The molecule has 2 fully saturated rings. The summed E-state index contributed by atoms with van der Waals surface area (Å²) < 4.78 is 39.2. The lowest BCUT2D eigenvalue weighted by Crippen LogP contribution is -2.39. The largest absolute Gasteiger partial charge is 0.494 e. The average molecular weight is 723 g/mol. The van der Waals surface area contributed by atoms with Crippen LogP contribution >= 0.6 is 0 Å². The highest BCUT2D eigenvalue weighted by Gasteiger charge is 2.47. The molecule has 1 heterocycles. The molecule has 0 amide bonds. The second-order valence-electron chi connectivity index (χ2n) is 13.2. The molecule has 2 aromatic rings. The first-order chi connectivity index (χ1) is 25.3. The van der Waals surface area contributed by atoms with Crippen molar-refractivity contribution in [1.29, 1.82) is 0 Å². The molecule has 1 aliphatic heterocycles. The molecule has 11 heteroatoms. The minimum Gasteiger partial charge on any atom is -0.494 e. The van der Waals surface area contributed by atoms with Crippen molar-refractivity contribution in [2.75, 3.05) is 26.4 Å². The van der Waals surface area contributed by atoms with Crippen molar-refractivity contribution in [2.24, 2.45) is 0 Å². The summed E-state index contributed by atoms with van der Waals surface area (Å²) in [5, 5.41) is 0. The zero-order valence-corrected chi connectivity index (χ0v) is 30.6. The highest BCUT2D eigenvalue weighted by molar-refractivity contribution is 5.89. The quantitative estimate of drug-likeness (QED) is 0.0543. The van der Waals surface area contributed by atoms with Crippen molar-refractivity contribution in [3.63, 3.8) is 0 Å². The van der Waals surface area contributed by atoms with Crippen LogP contribution in [0.1, 0.15) is 125 Å². The van der Waals surface area contributed by atoms with Crippen LogP contribution < -0.4 is 4.74 Å². The fraction of sp³-hybridized carbons (Fsp3) is 0.561. The predicted octanol–water partition coefficient (Wildman–Crippen LogP) is 7.71. The van der Waals surface area contributed by atoms with E-state index >= 15 is 0 Å². The smallest absolute Gasteiger partial charge is 0.338 e. The second-order valence-corrected chi connectivity index (χ2v) is 13.2. The molecule has 0 radical (unpaired) electrons. The number of ether oxygens (including phenoxy) is 7. The Balaban J connectivity index is 1.19. The van der Waals surface area contributed by atoms with Gasteiger partial charge in [0, 0.05) is 11.6 Å². The maximum absolute atomic E-state index is 12.9. The lowest BCUT2D eigenvalue weighted by molar-refractivity contribution is -0.163. The molecule has 4 rings (SSSR count). The van der Waals surface area contributed by atoms with Gasteiger partial charge in [0.2, 0.25) is 0 Å². The standard InChI is InChI=1S/C41H54O11/c1-4-7-25-48-39(44)36-37(40(45)49-26-8-5-2)52-41(51-36)32-15-13-29(14-16-32)30-17-23-34(24-18-30)50-38(43)31-19-21-33(22-20-31)46-27-11-9-10-12-28-47-35(42)6-3/h6,13-16,19-22,30,34,36-37,41H,3-5,7-12,17-18,23-28H2,1-2H3/t30-,34-,36-,37-/m1/s1. The molecule has 0 unspecified atom stereocenters. The van der Waals surface area contributed by atoms with E-state index in [9.17, 15) is 19.2 Å². The molecule has 1 saturated heterocycles. The molecule has 2 aliphatic rings. The average Bonchev–Trinajstić information content (AvgIpc) is 3.62. The van der Waals surface area contributed by atoms with Crippen LogP contribution in [0.4, 0.5) is 0 Å². The highest BCUT2D eigenvalue weighted by Crippen LogP contribution is 2.37. The summed E-state index contributed by atoms with van der Waals surface area (Å²) >= 11 is 0. The van der Waals surface area contributed by atoms with E-state index in [4.69, 9.17) is 33.2 Å². The maximum Gasteiger partial charge on any atom is 0.338 e. The third-order valence-electron chi connectivity index (χ3n) is 9.20. The topological polar surface area (TPSA) is 133 Å². The van der Waals surface area contributed by atoms with Crippen LogP contribution in [0.15, 0.2) is 61.2 Å². The lowest BCUT2D eigenvalue weighted by atomic mass is 9.82. The van der Waals surface area contributed by atoms with E-state index in [0.29, 0.717) is 48.8 Å². The number of hydrogen-bond acceptors (Lipinski definition) is 11. The minimum atomic E-state index is -1.20. The third-order valence-corrected chi connectivity index (χ3v) is 9.20. The molecule has 0 aromatic heterocycles. The molecule has 1 saturated carbocycles. The van der Waals surface area contributed by atoms with E-state index in [-0.39, 0.29) is 25.3 Å². The molecular weight excluding hydrogens is 668 g/mol. The summed E-state index contributed by atoms with van der Waals surface area (Å²) in [6.07, 6.45) is 7.73. The van der Waals surface area contributed by atoms with E-state index in [1.54, 1.807) is 24.3 Å². The molecule has 0 N–H and O–H groups in total. The maximum atomic E-state index is 12.9. The Bertz CT molecular complexity index is 1380. The molecule has 0 bridgehead atoms. The Labute approximate surface area is 307 Å². The normalized spacial score (nSPS) is 20.1. The van der Waals surface area contributed by atoms with Gasteiger partial charge in [0.25, 0.3) is 0 Å². The first-order valence-electron chi connectivity index (χ1n) is 18.8. The van der Waals surface area contributed by atoms with Crippen LogP contribution in [0.5, 0.6) is 5.75 Å². The molecule has 0 spiro atoms. The zero-order valence-electron chi connectivity index (χ0n) is 30.6. The van der Waals surface area contributed by atoms with E-state index in [2.05, 4.69) is 6.58 Å². The zero-order chi connectivity index (χ0) is 37.1. The van der Waals surface area contributed by atoms with Gasteiger partial charge in [0.1, 0.15) is 11.9 Å². The molecule has 2 atom stereocenters. The number of esters is 4. The molecule has 2 aromatic carbocycles. The van der Waals surface area contributed by atoms with E-state index in [1.165, 1.54) is 0 Å². The van der Waals surface area contributed by atoms with Crippen molar-refractivity contribution in [1.82, 2.24) is 0 Å². The highest BCUT2D eigenvalue weighted by atomic mass is 16.8. The summed E-state index contributed by atoms with van der Waals surface area (Å²) in [6, 6.07) is 14.9. The fourth-order valence-corrected chi connectivity index (χ4v) is 6.08. The van der Waals surface area contributed by atoms with Gasteiger partial charge in [0.15, 0.2) is 18.5 Å². The van der Waals surface area contributed by atoms with Gasteiger partial charge in [0.05, 0.1) is 32.0 Å². The SMILES string of the molecule is C=CC(=O)OCCCCCCOc1ccc(C(=O)O[C@H]2CC[C@H](c3ccc(C4O[C@@H](C(=O)OCCCC)[C@H](C(=O)OCCCC)O4)cc3)CC2)cc1. The predicted molar refractivity (Wildman–Crippen MR) is 193 cm³/mol. The van der Waals surface area contributed by atoms with Crippen molar-refractivity contribution < 1.29 is 52.3 Å². The Morgan fingerprint density at radius 2 is 1.21 bits per heavy atom. The molecule has 52 heavy (non-hydrogen) atoms. The number of hydrogen-bond donors (Lipinski definition) is 0. The van der Waals surface area contributed by atoms with E-state index < -0.39 is 36.4 Å². The van der Waals surface area contributed by atoms with Crippen LogP contribution in [0.25, 0.3) is 0 Å². The number of carbonyl (C=O) groups excluding carboxylic acids is 4. The lowest BCUT2D eigenvalue weighted by Gasteiger charge is -2.28. The molecular formula is C41H54O11. The van der Waals surface area contributed by atoms with Gasteiger partial charge in [-0.15, -0.1) is 0 Å².